The van der Waals surface area contributed by atoms with E-state index >= 15 is 0 Å². The van der Waals surface area contributed by atoms with Gasteiger partial charge in [-0.2, -0.15) is 0 Å². The summed E-state index contributed by atoms with van der Waals surface area (Å²) in [6, 6.07) is 2.75. The molecule has 1 saturated heterocycles. The van der Waals surface area contributed by atoms with Crippen LogP contribution >= 0.6 is 11.8 Å². The van der Waals surface area contributed by atoms with Crippen LogP contribution in [-0.4, -0.2) is 45.3 Å². The van der Waals surface area contributed by atoms with Gasteiger partial charge in [-0.15, -0.1) is 0 Å². The van der Waals surface area contributed by atoms with Gasteiger partial charge in [0, 0.05) is 31.1 Å². The van der Waals surface area contributed by atoms with Crippen LogP contribution in [0.4, 0.5) is 0 Å². The van der Waals surface area contributed by atoms with E-state index < -0.39 is 12.0 Å². The first-order valence-electron chi connectivity index (χ1n) is 7.60. The first kappa shape index (κ1) is 17.6. The molecule has 3 atom stereocenters. The summed E-state index contributed by atoms with van der Waals surface area (Å²) >= 11 is 1.18. The summed E-state index contributed by atoms with van der Waals surface area (Å²) in [5.41, 5.74) is 0. The number of aliphatic carboxylic acids is 1. The lowest BCUT2D eigenvalue weighted by Gasteiger charge is -2.24. The molecule has 1 aliphatic rings. The molecule has 0 aliphatic carbocycles. The Hall–Kier alpha value is -1.76. The van der Waals surface area contributed by atoms with Crippen molar-refractivity contribution in [2.75, 3.05) is 12.3 Å². The van der Waals surface area contributed by atoms with Crippen molar-refractivity contribution in [3.8, 4) is 0 Å². The lowest BCUT2D eigenvalue weighted by Crippen LogP contribution is -2.43. The third kappa shape index (κ3) is 4.37. The number of nitrogens with zero attached hydrogens (tertiary/aromatic N) is 1. The first-order valence-corrected chi connectivity index (χ1v) is 8.58. The highest BCUT2D eigenvalue weighted by Gasteiger charge is 2.42. The third-order valence-corrected chi connectivity index (χ3v) is 4.94. The van der Waals surface area contributed by atoms with Gasteiger partial charge in [0.05, 0.1) is 6.26 Å². The van der Waals surface area contributed by atoms with Gasteiger partial charge in [-0.25, -0.2) is 4.79 Å². The van der Waals surface area contributed by atoms with Gasteiger partial charge in [-0.05, 0) is 25.0 Å². The Labute approximate surface area is 139 Å². The summed E-state index contributed by atoms with van der Waals surface area (Å²) in [6.45, 7) is 3.63. The van der Waals surface area contributed by atoms with Crippen LogP contribution in [0.25, 0.3) is 0 Å². The fourth-order valence-corrected chi connectivity index (χ4v) is 3.59. The van der Waals surface area contributed by atoms with Crippen LogP contribution in [0, 0.1) is 5.92 Å². The molecule has 1 aromatic heterocycles. The van der Waals surface area contributed by atoms with Gasteiger partial charge < -0.3 is 14.4 Å². The van der Waals surface area contributed by atoms with Crippen molar-refractivity contribution >= 4 is 28.8 Å². The molecule has 1 fully saturated rings. The number of likely N-dealkylation sites (tertiary alicyclic amines) is 1. The number of carbonyl (C=O) groups excluding carboxylic acids is 2. The number of hydrogen-bond acceptors (Lipinski definition) is 5. The number of furan rings is 1. The van der Waals surface area contributed by atoms with Crippen molar-refractivity contribution in [3.63, 3.8) is 0 Å². The van der Waals surface area contributed by atoms with Crippen LogP contribution in [0.1, 0.15) is 38.4 Å². The van der Waals surface area contributed by atoms with Crippen molar-refractivity contribution in [1.29, 1.82) is 0 Å². The molecule has 0 radical (unpaired) electrons. The molecule has 1 aliphatic heterocycles. The Morgan fingerprint density at radius 2 is 2.22 bits per heavy atom. The molecule has 1 N–H and O–H groups in total. The van der Waals surface area contributed by atoms with Gasteiger partial charge >= 0.3 is 5.97 Å². The number of rotatable bonds is 6. The van der Waals surface area contributed by atoms with Crippen LogP contribution in [-0.2, 0) is 14.4 Å². The number of hydrogen-bond donors (Lipinski definition) is 1. The van der Waals surface area contributed by atoms with Gasteiger partial charge in [0.15, 0.2) is 5.12 Å². The molecule has 0 aromatic carbocycles. The van der Waals surface area contributed by atoms with E-state index in [1.807, 2.05) is 6.07 Å². The zero-order valence-electron chi connectivity index (χ0n) is 13.2. The number of amides is 1. The van der Waals surface area contributed by atoms with Crippen LogP contribution in [0.15, 0.2) is 22.8 Å². The minimum Gasteiger partial charge on any atom is -0.480 e. The average molecular weight is 339 g/mol. The summed E-state index contributed by atoms with van der Waals surface area (Å²) < 4.78 is 5.35. The van der Waals surface area contributed by atoms with Crippen LogP contribution in [0.5, 0.6) is 0 Å². The molecule has 1 aromatic rings. The molecule has 0 bridgehead atoms. The molecule has 2 rings (SSSR count). The SMILES string of the molecule is CC(=O)SCCC(C)C(=O)N1CC(c2ccco2)C[C@H]1C(=O)O. The molecular formula is C16H21NO5S. The summed E-state index contributed by atoms with van der Waals surface area (Å²) in [7, 11) is 0. The predicted molar refractivity (Wildman–Crippen MR) is 86.1 cm³/mol. The quantitative estimate of drug-likeness (QED) is 0.856. The molecule has 2 heterocycles. The van der Waals surface area contributed by atoms with Gasteiger partial charge in [0.1, 0.15) is 11.8 Å². The Morgan fingerprint density at radius 3 is 2.78 bits per heavy atom. The molecule has 0 spiro atoms. The number of thioether (sulfide) groups is 1. The minimum atomic E-state index is -0.988. The fourth-order valence-electron chi connectivity index (χ4n) is 2.83. The lowest BCUT2D eigenvalue weighted by molar-refractivity contribution is -0.149. The monoisotopic (exact) mass is 339 g/mol. The second-order valence-corrected chi connectivity index (χ2v) is 7.09. The number of carbonyl (C=O) groups is 3. The predicted octanol–water partition coefficient (Wildman–Crippen LogP) is 2.35. The summed E-state index contributed by atoms with van der Waals surface area (Å²) in [5, 5.41) is 9.43. The normalized spacial score (nSPS) is 22.1. The summed E-state index contributed by atoms with van der Waals surface area (Å²) in [5.74, 6) is -0.275. The molecule has 2 unspecified atom stereocenters. The molecular weight excluding hydrogens is 318 g/mol. The fraction of sp³-hybridized carbons (Fsp3) is 0.562. The van der Waals surface area contributed by atoms with Crippen molar-refractivity contribution < 1.29 is 23.9 Å². The first-order chi connectivity index (χ1) is 10.9. The van der Waals surface area contributed by atoms with Gasteiger partial charge in [0.2, 0.25) is 5.91 Å². The third-order valence-electron chi connectivity index (χ3n) is 4.09. The van der Waals surface area contributed by atoms with Gasteiger partial charge in [-0.1, -0.05) is 18.7 Å². The molecule has 23 heavy (non-hydrogen) atoms. The Morgan fingerprint density at radius 1 is 1.48 bits per heavy atom. The topological polar surface area (TPSA) is 87.8 Å². The van der Waals surface area contributed by atoms with Crippen molar-refractivity contribution in [2.24, 2.45) is 5.92 Å². The number of carboxylic acid groups (broad SMARTS) is 1. The van der Waals surface area contributed by atoms with E-state index in [0.29, 0.717) is 30.9 Å². The Balaban J connectivity index is 2.01. The molecule has 6 nitrogen and oxygen atoms in total. The number of carboxylic acids is 1. The molecule has 1 amide bonds. The highest BCUT2D eigenvalue weighted by molar-refractivity contribution is 8.13. The highest BCUT2D eigenvalue weighted by Crippen LogP contribution is 2.33. The maximum Gasteiger partial charge on any atom is 0.326 e. The molecule has 126 valence electrons. The van der Waals surface area contributed by atoms with Gasteiger partial charge in [0.25, 0.3) is 0 Å². The average Bonchev–Trinajstić information content (AvgIpc) is 3.14. The lowest BCUT2D eigenvalue weighted by atomic mass is 10.0. The smallest absolute Gasteiger partial charge is 0.326 e. The van der Waals surface area contributed by atoms with Crippen molar-refractivity contribution in [3.05, 3.63) is 24.2 Å². The molecule has 0 saturated carbocycles. The zero-order chi connectivity index (χ0) is 17.0. The van der Waals surface area contributed by atoms with Crippen LogP contribution in [0.3, 0.4) is 0 Å². The van der Waals surface area contributed by atoms with Crippen LogP contribution in [0.2, 0.25) is 0 Å². The van der Waals surface area contributed by atoms with E-state index in [1.54, 1.807) is 19.3 Å². The molecule has 7 heteroatoms. The van der Waals surface area contributed by atoms with E-state index in [1.165, 1.54) is 23.6 Å². The second kappa shape index (κ2) is 7.68. The van der Waals surface area contributed by atoms with Crippen molar-refractivity contribution in [1.82, 2.24) is 4.90 Å². The standard InChI is InChI=1S/C16H21NO5S/c1-10(5-7-23-11(2)18)15(19)17-9-12(8-13(17)16(20)21)14-4-3-6-22-14/h3-4,6,10,12-13H,5,7-9H2,1-2H3,(H,20,21)/t10?,12?,13-/m0/s1. The summed E-state index contributed by atoms with van der Waals surface area (Å²) in [4.78, 5) is 36.5. The van der Waals surface area contributed by atoms with Gasteiger partial charge in [-0.3, -0.25) is 9.59 Å². The Bertz CT molecular complexity index is 571. The van der Waals surface area contributed by atoms with Crippen molar-refractivity contribution in [2.45, 2.75) is 38.6 Å². The summed E-state index contributed by atoms with van der Waals surface area (Å²) in [6.07, 6.45) is 2.47. The highest BCUT2D eigenvalue weighted by atomic mass is 32.2. The maximum atomic E-state index is 12.6. The van der Waals surface area contributed by atoms with E-state index in [-0.39, 0.29) is 22.9 Å². The van der Waals surface area contributed by atoms with E-state index in [9.17, 15) is 19.5 Å². The van der Waals surface area contributed by atoms with E-state index in [2.05, 4.69) is 0 Å². The largest absolute Gasteiger partial charge is 0.480 e. The van der Waals surface area contributed by atoms with Crippen LogP contribution < -0.4 is 0 Å². The zero-order valence-corrected chi connectivity index (χ0v) is 14.0. The van der Waals surface area contributed by atoms with E-state index in [4.69, 9.17) is 4.42 Å². The van der Waals surface area contributed by atoms with E-state index in [0.717, 1.165) is 0 Å². The second-order valence-electron chi connectivity index (χ2n) is 5.82. The maximum absolute atomic E-state index is 12.6. The Kier molecular flexibility index (Phi) is 5.87. The minimum absolute atomic E-state index is 0.0205.